The molecule has 0 aliphatic heterocycles. The summed E-state index contributed by atoms with van der Waals surface area (Å²) in [7, 11) is 0. The number of benzene rings is 1. The van der Waals surface area contributed by atoms with Crippen LogP contribution in [0.4, 0.5) is 0 Å². The molecule has 4 unspecified atom stereocenters. The molecule has 1 aromatic rings. The fourth-order valence-electron chi connectivity index (χ4n) is 3.89. The molecule has 0 aliphatic rings. The Morgan fingerprint density at radius 2 is 1.43 bits per heavy atom. The third-order valence-corrected chi connectivity index (χ3v) is 6.02. The molecule has 10 heteroatoms. The molecule has 0 fully saturated rings. The van der Waals surface area contributed by atoms with Crippen molar-refractivity contribution >= 4 is 23.7 Å². The highest BCUT2D eigenvalue weighted by Crippen LogP contribution is 2.10. The maximum absolute atomic E-state index is 13.3. The third kappa shape index (κ3) is 12.7. The second-order valence-electron chi connectivity index (χ2n) is 9.87. The van der Waals surface area contributed by atoms with Crippen LogP contribution in [0, 0.1) is 5.92 Å². The van der Waals surface area contributed by atoms with Gasteiger partial charge >= 0.3 is 5.97 Å². The summed E-state index contributed by atoms with van der Waals surface area (Å²) < 4.78 is 0. The lowest BCUT2D eigenvalue weighted by molar-refractivity contribution is -0.142. The zero-order valence-electron chi connectivity index (χ0n) is 22.4. The molecule has 0 spiro atoms. The van der Waals surface area contributed by atoms with Crippen LogP contribution < -0.4 is 27.4 Å². The van der Waals surface area contributed by atoms with Gasteiger partial charge in [-0.25, -0.2) is 4.79 Å². The number of carboxylic acid groups (broad SMARTS) is 1. The Bertz CT molecular complexity index is 849. The molecule has 208 valence electrons. The second kappa shape index (κ2) is 17.5. The van der Waals surface area contributed by atoms with E-state index < -0.39 is 47.9 Å². The summed E-state index contributed by atoms with van der Waals surface area (Å²) >= 11 is 0. The molecular formula is C27H45N5O5. The van der Waals surface area contributed by atoms with Crippen molar-refractivity contribution in [3.63, 3.8) is 0 Å². The van der Waals surface area contributed by atoms with Gasteiger partial charge in [-0.15, -0.1) is 0 Å². The number of hydrogen-bond donors (Lipinski definition) is 6. The van der Waals surface area contributed by atoms with Gasteiger partial charge in [-0.2, -0.15) is 0 Å². The lowest BCUT2D eigenvalue weighted by atomic mass is 10.00. The first-order valence-corrected chi connectivity index (χ1v) is 13.2. The minimum absolute atomic E-state index is 0.0863. The molecule has 0 saturated carbocycles. The predicted octanol–water partition coefficient (Wildman–Crippen LogP) is 1.46. The topological polar surface area (TPSA) is 177 Å². The van der Waals surface area contributed by atoms with Crippen LogP contribution in [0.2, 0.25) is 0 Å². The molecule has 8 N–H and O–H groups in total. The van der Waals surface area contributed by atoms with E-state index in [1.807, 2.05) is 51.1 Å². The van der Waals surface area contributed by atoms with Crippen LogP contribution in [-0.4, -0.2) is 59.5 Å². The van der Waals surface area contributed by atoms with Crippen LogP contribution in [0.3, 0.4) is 0 Å². The molecular weight excluding hydrogens is 474 g/mol. The minimum Gasteiger partial charge on any atom is -0.480 e. The average molecular weight is 520 g/mol. The fourth-order valence-corrected chi connectivity index (χ4v) is 3.89. The Hall–Kier alpha value is -2.98. The molecule has 3 amide bonds. The van der Waals surface area contributed by atoms with Crippen LogP contribution in [0.1, 0.15) is 71.3 Å². The molecule has 0 radical (unpaired) electrons. The number of hydrogen-bond acceptors (Lipinski definition) is 6. The van der Waals surface area contributed by atoms with Crippen molar-refractivity contribution in [1.82, 2.24) is 16.0 Å². The molecule has 0 heterocycles. The van der Waals surface area contributed by atoms with Crippen LogP contribution in [-0.2, 0) is 25.6 Å². The van der Waals surface area contributed by atoms with Crippen molar-refractivity contribution in [3.05, 3.63) is 35.9 Å². The van der Waals surface area contributed by atoms with Crippen molar-refractivity contribution in [2.75, 3.05) is 6.54 Å². The van der Waals surface area contributed by atoms with E-state index in [4.69, 9.17) is 11.5 Å². The van der Waals surface area contributed by atoms with Gasteiger partial charge in [0.1, 0.15) is 18.1 Å². The molecule has 1 rings (SSSR count). The normalized spacial score (nSPS) is 14.3. The van der Waals surface area contributed by atoms with Gasteiger partial charge in [-0.05, 0) is 50.1 Å². The Balaban J connectivity index is 3.06. The van der Waals surface area contributed by atoms with Gasteiger partial charge in [0.15, 0.2) is 0 Å². The summed E-state index contributed by atoms with van der Waals surface area (Å²) in [6.45, 7) is 6.29. The highest BCUT2D eigenvalue weighted by atomic mass is 16.4. The summed E-state index contributed by atoms with van der Waals surface area (Å²) in [5.41, 5.74) is 12.3. The fraction of sp³-hybridized carbons (Fsp3) is 0.630. The number of nitrogens with one attached hydrogen (secondary N) is 3. The average Bonchev–Trinajstić information content (AvgIpc) is 2.85. The Kier molecular flexibility index (Phi) is 15.1. The van der Waals surface area contributed by atoms with Crippen molar-refractivity contribution in [3.8, 4) is 0 Å². The van der Waals surface area contributed by atoms with Gasteiger partial charge in [0.2, 0.25) is 17.7 Å². The SMILES string of the molecule is CCCCC(N)C(=O)NC(CC(C)C)C(=O)NC(Cc1ccccc1)C(=O)NC(CCCCN)C(=O)O. The van der Waals surface area contributed by atoms with E-state index in [9.17, 15) is 24.3 Å². The number of amides is 3. The van der Waals surface area contributed by atoms with Crippen LogP contribution in [0.5, 0.6) is 0 Å². The lowest BCUT2D eigenvalue weighted by Crippen LogP contribution is -2.57. The van der Waals surface area contributed by atoms with E-state index in [0.717, 1.165) is 18.4 Å². The van der Waals surface area contributed by atoms with E-state index in [-0.39, 0.29) is 18.8 Å². The minimum atomic E-state index is -1.15. The number of unbranched alkanes of at least 4 members (excludes halogenated alkanes) is 2. The zero-order chi connectivity index (χ0) is 27.8. The highest BCUT2D eigenvalue weighted by molar-refractivity contribution is 5.94. The van der Waals surface area contributed by atoms with E-state index >= 15 is 0 Å². The summed E-state index contributed by atoms with van der Waals surface area (Å²) in [5, 5.41) is 17.6. The van der Waals surface area contributed by atoms with E-state index in [0.29, 0.717) is 32.2 Å². The number of nitrogens with two attached hydrogens (primary N) is 2. The predicted molar refractivity (Wildman–Crippen MR) is 143 cm³/mol. The van der Waals surface area contributed by atoms with E-state index in [1.54, 1.807) is 0 Å². The van der Waals surface area contributed by atoms with Crippen LogP contribution in [0.25, 0.3) is 0 Å². The molecule has 4 atom stereocenters. The number of rotatable bonds is 18. The molecule has 0 bridgehead atoms. The second-order valence-corrected chi connectivity index (χ2v) is 9.87. The van der Waals surface area contributed by atoms with Gasteiger partial charge in [-0.3, -0.25) is 14.4 Å². The van der Waals surface area contributed by atoms with Crippen molar-refractivity contribution < 1.29 is 24.3 Å². The maximum atomic E-state index is 13.3. The summed E-state index contributed by atoms with van der Waals surface area (Å²) in [4.78, 5) is 50.9. The van der Waals surface area contributed by atoms with Gasteiger partial charge in [0.25, 0.3) is 0 Å². The third-order valence-electron chi connectivity index (χ3n) is 6.02. The van der Waals surface area contributed by atoms with E-state index in [1.165, 1.54) is 0 Å². The van der Waals surface area contributed by atoms with Gasteiger partial charge in [0.05, 0.1) is 6.04 Å². The Labute approximate surface area is 220 Å². The lowest BCUT2D eigenvalue weighted by Gasteiger charge is -2.26. The number of carboxylic acids is 1. The summed E-state index contributed by atoms with van der Waals surface area (Å²) in [6.07, 6.45) is 4.14. The molecule has 0 aromatic heterocycles. The zero-order valence-corrected chi connectivity index (χ0v) is 22.4. The van der Waals surface area contributed by atoms with Crippen molar-refractivity contribution in [1.29, 1.82) is 0 Å². The van der Waals surface area contributed by atoms with Crippen molar-refractivity contribution in [2.24, 2.45) is 17.4 Å². The molecule has 10 nitrogen and oxygen atoms in total. The number of carbonyl (C=O) groups is 4. The standard InChI is InChI=1S/C27H45N5O5/c1-4-5-13-20(29)24(33)31-22(16-18(2)3)25(34)32-23(17-19-11-7-6-8-12-19)26(35)30-21(27(36)37)14-9-10-15-28/h6-8,11-12,18,20-23H,4-5,9-10,13-17,28-29H2,1-3H3,(H,30,35)(H,31,33)(H,32,34)(H,36,37). The Morgan fingerprint density at radius 1 is 0.838 bits per heavy atom. The highest BCUT2D eigenvalue weighted by Gasteiger charge is 2.30. The van der Waals surface area contributed by atoms with E-state index in [2.05, 4.69) is 16.0 Å². The monoisotopic (exact) mass is 519 g/mol. The van der Waals surface area contributed by atoms with Crippen LogP contribution in [0.15, 0.2) is 30.3 Å². The molecule has 37 heavy (non-hydrogen) atoms. The summed E-state index contributed by atoms with van der Waals surface area (Å²) in [6, 6.07) is 5.37. The smallest absolute Gasteiger partial charge is 0.326 e. The first-order chi connectivity index (χ1) is 17.6. The first kappa shape index (κ1) is 32.0. The van der Waals surface area contributed by atoms with Crippen LogP contribution >= 0.6 is 0 Å². The molecule has 0 saturated heterocycles. The number of aliphatic carboxylic acids is 1. The molecule has 0 aliphatic carbocycles. The Morgan fingerprint density at radius 3 is 2.00 bits per heavy atom. The van der Waals surface area contributed by atoms with Crippen molar-refractivity contribution in [2.45, 2.75) is 96.3 Å². The summed E-state index contributed by atoms with van der Waals surface area (Å²) in [5.74, 6) is -2.60. The number of carbonyl (C=O) groups excluding carboxylic acids is 3. The quantitative estimate of drug-likeness (QED) is 0.159. The largest absolute Gasteiger partial charge is 0.480 e. The van der Waals surface area contributed by atoms with Gasteiger partial charge in [0, 0.05) is 6.42 Å². The molecule has 1 aromatic carbocycles. The maximum Gasteiger partial charge on any atom is 0.326 e. The van der Waals surface area contributed by atoms with Gasteiger partial charge in [-0.1, -0.05) is 63.9 Å². The van der Waals surface area contributed by atoms with Gasteiger partial charge < -0.3 is 32.5 Å². The first-order valence-electron chi connectivity index (χ1n) is 13.2.